The van der Waals surface area contributed by atoms with Crippen LogP contribution in [0.2, 0.25) is 0 Å². The highest BCUT2D eigenvalue weighted by Gasteiger charge is 2.11. The topological polar surface area (TPSA) is 63.6 Å². The van der Waals surface area contributed by atoms with Crippen LogP contribution in [0.25, 0.3) is 0 Å². The van der Waals surface area contributed by atoms with Crippen LogP contribution in [0, 0.1) is 0 Å². The Morgan fingerprint density at radius 1 is 1.04 bits per heavy atom. The Bertz CT molecular complexity index is 719. The van der Waals surface area contributed by atoms with Gasteiger partial charge in [0.25, 0.3) is 0 Å². The van der Waals surface area contributed by atoms with E-state index in [9.17, 15) is 13.5 Å². The van der Waals surface area contributed by atoms with Crippen molar-refractivity contribution in [2.45, 2.75) is 30.8 Å². The Hall–Kier alpha value is -1.85. The first kappa shape index (κ1) is 17.5. The van der Waals surface area contributed by atoms with Crippen molar-refractivity contribution in [3.8, 4) is 5.75 Å². The molecule has 0 aromatic heterocycles. The maximum Gasteiger partial charge on any atom is 0.175 e. The minimum atomic E-state index is -3.22. The number of rotatable bonds is 7. The summed E-state index contributed by atoms with van der Waals surface area (Å²) in [5, 5.41) is 10.1. The normalized spacial score (nSPS) is 12.8. The van der Waals surface area contributed by atoms with Gasteiger partial charge in [-0.15, -0.1) is 0 Å². The van der Waals surface area contributed by atoms with Gasteiger partial charge >= 0.3 is 0 Å². The fourth-order valence-corrected chi connectivity index (χ4v) is 2.88. The van der Waals surface area contributed by atoms with E-state index in [0.29, 0.717) is 11.3 Å². The molecule has 0 aliphatic rings. The highest BCUT2D eigenvalue weighted by molar-refractivity contribution is 7.90. The van der Waals surface area contributed by atoms with Crippen molar-refractivity contribution in [3.63, 3.8) is 0 Å². The summed E-state index contributed by atoms with van der Waals surface area (Å²) in [6, 6.07) is 14.0. The van der Waals surface area contributed by atoms with Crippen LogP contribution in [0.4, 0.5) is 0 Å². The zero-order valence-corrected chi connectivity index (χ0v) is 14.2. The number of ether oxygens (including phenoxy) is 1. The molecule has 1 atom stereocenters. The van der Waals surface area contributed by atoms with Crippen LogP contribution in [0.15, 0.2) is 53.4 Å². The van der Waals surface area contributed by atoms with E-state index in [1.54, 1.807) is 12.1 Å². The van der Waals surface area contributed by atoms with Gasteiger partial charge in [0.15, 0.2) is 9.84 Å². The number of hydrogen-bond donors (Lipinski definition) is 1. The number of hydrogen-bond acceptors (Lipinski definition) is 4. The van der Waals surface area contributed by atoms with Gasteiger partial charge in [0.2, 0.25) is 0 Å². The predicted molar refractivity (Wildman–Crippen MR) is 90.4 cm³/mol. The van der Waals surface area contributed by atoms with Gasteiger partial charge in [-0.25, -0.2) is 8.42 Å². The molecule has 0 amide bonds. The zero-order valence-electron chi connectivity index (χ0n) is 13.4. The predicted octanol–water partition coefficient (Wildman–Crippen LogP) is 3.16. The van der Waals surface area contributed by atoms with Crippen molar-refractivity contribution >= 4 is 9.84 Å². The zero-order chi connectivity index (χ0) is 16.9. The molecule has 124 valence electrons. The molecule has 1 unspecified atom stereocenters. The second-order valence-corrected chi connectivity index (χ2v) is 7.58. The van der Waals surface area contributed by atoms with Gasteiger partial charge in [-0.3, -0.25) is 0 Å². The molecule has 0 saturated heterocycles. The Balaban J connectivity index is 1.95. The standard InChI is InChI=1S/C18H22O4S/c1-3-4-14-5-9-16(10-6-14)22-13-18(19)15-7-11-17(12-8-15)23(2,20)21/h5-12,18-19H,3-4,13H2,1-2H3. The molecule has 1 N–H and O–H groups in total. The number of sulfone groups is 1. The molecule has 0 aliphatic heterocycles. The quantitative estimate of drug-likeness (QED) is 0.845. The fourth-order valence-electron chi connectivity index (χ4n) is 2.25. The maximum absolute atomic E-state index is 11.4. The van der Waals surface area contributed by atoms with Gasteiger partial charge in [-0.05, 0) is 41.8 Å². The van der Waals surface area contributed by atoms with Crippen LogP contribution in [0.1, 0.15) is 30.6 Å². The third kappa shape index (κ3) is 5.08. The molecule has 0 fully saturated rings. The van der Waals surface area contributed by atoms with Crippen LogP contribution in [0.5, 0.6) is 5.75 Å². The summed E-state index contributed by atoms with van der Waals surface area (Å²) in [6.45, 7) is 2.25. The van der Waals surface area contributed by atoms with Gasteiger partial charge in [-0.1, -0.05) is 37.6 Å². The van der Waals surface area contributed by atoms with E-state index < -0.39 is 15.9 Å². The van der Waals surface area contributed by atoms with Gasteiger partial charge in [-0.2, -0.15) is 0 Å². The van der Waals surface area contributed by atoms with E-state index >= 15 is 0 Å². The lowest BCUT2D eigenvalue weighted by Gasteiger charge is -2.13. The van der Waals surface area contributed by atoms with Crippen LogP contribution in [0.3, 0.4) is 0 Å². The van der Waals surface area contributed by atoms with Gasteiger partial charge in [0.1, 0.15) is 18.5 Å². The highest BCUT2D eigenvalue weighted by Crippen LogP contribution is 2.19. The molecule has 2 aromatic carbocycles. The first-order valence-corrected chi connectivity index (χ1v) is 9.49. The second kappa shape index (κ2) is 7.62. The Labute approximate surface area is 137 Å². The molecule has 2 rings (SSSR count). The number of aliphatic hydroxyl groups is 1. The van der Waals surface area contributed by atoms with E-state index in [1.165, 1.54) is 17.7 Å². The van der Waals surface area contributed by atoms with Crippen LogP contribution in [-0.2, 0) is 16.3 Å². The molecule has 2 aromatic rings. The van der Waals surface area contributed by atoms with Crippen molar-refractivity contribution in [1.82, 2.24) is 0 Å². The molecular weight excluding hydrogens is 312 g/mol. The van der Waals surface area contributed by atoms with Crippen molar-refractivity contribution < 1.29 is 18.3 Å². The lowest BCUT2D eigenvalue weighted by molar-refractivity contribution is 0.108. The number of benzene rings is 2. The summed E-state index contributed by atoms with van der Waals surface area (Å²) in [6.07, 6.45) is 2.49. The lowest BCUT2D eigenvalue weighted by atomic mass is 10.1. The Morgan fingerprint density at radius 2 is 1.65 bits per heavy atom. The van der Waals surface area contributed by atoms with E-state index in [1.807, 2.05) is 24.3 Å². The average molecular weight is 334 g/mol. The van der Waals surface area contributed by atoms with Crippen molar-refractivity contribution in [2.75, 3.05) is 12.9 Å². The Morgan fingerprint density at radius 3 is 2.17 bits per heavy atom. The van der Waals surface area contributed by atoms with E-state index in [4.69, 9.17) is 4.74 Å². The van der Waals surface area contributed by atoms with E-state index in [2.05, 4.69) is 6.92 Å². The summed E-state index contributed by atoms with van der Waals surface area (Å²) in [5.41, 5.74) is 1.89. The SMILES string of the molecule is CCCc1ccc(OCC(O)c2ccc(S(C)(=O)=O)cc2)cc1. The van der Waals surface area contributed by atoms with Crippen LogP contribution < -0.4 is 4.74 Å². The summed E-state index contributed by atoms with van der Waals surface area (Å²) < 4.78 is 28.4. The molecular formula is C18H22O4S. The summed E-state index contributed by atoms with van der Waals surface area (Å²) in [7, 11) is -3.22. The number of aryl methyl sites for hydroxylation is 1. The smallest absolute Gasteiger partial charge is 0.175 e. The monoisotopic (exact) mass is 334 g/mol. The van der Waals surface area contributed by atoms with E-state index in [-0.39, 0.29) is 11.5 Å². The third-order valence-corrected chi connectivity index (χ3v) is 4.69. The summed E-state index contributed by atoms with van der Waals surface area (Å²) >= 11 is 0. The highest BCUT2D eigenvalue weighted by atomic mass is 32.2. The molecule has 0 aliphatic carbocycles. The molecule has 0 spiro atoms. The van der Waals surface area contributed by atoms with Crippen LogP contribution in [-0.4, -0.2) is 26.4 Å². The second-order valence-electron chi connectivity index (χ2n) is 5.56. The van der Waals surface area contributed by atoms with Crippen molar-refractivity contribution in [2.24, 2.45) is 0 Å². The van der Waals surface area contributed by atoms with E-state index in [0.717, 1.165) is 19.1 Å². The fraction of sp³-hybridized carbons (Fsp3) is 0.333. The van der Waals surface area contributed by atoms with Crippen molar-refractivity contribution in [1.29, 1.82) is 0 Å². The summed E-state index contributed by atoms with van der Waals surface area (Å²) in [5.74, 6) is 0.705. The van der Waals surface area contributed by atoms with Crippen LogP contribution >= 0.6 is 0 Å². The van der Waals surface area contributed by atoms with Gasteiger partial charge in [0, 0.05) is 6.26 Å². The largest absolute Gasteiger partial charge is 0.491 e. The minimum absolute atomic E-state index is 0.116. The minimum Gasteiger partial charge on any atom is -0.491 e. The first-order chi connectivity index (χ1) is 10.9. The lowest BCUT2D eigenvalue weighted by Crippen LogP contribution is -2.10. The van der Waals surface area contributed by atoms with Gasteiger partial charge < -0.3 is 9.84 Å². The third-order valence-electron chi connectivity index (χ3n) is 3.56. The maximum atomic E-state index is 11.4. The molecule has 0 radical (unpaired) electrons. The average Bonchev–Trinajstić information content (AvgIpc) is 2.53. The molecule has 23 heavy (non-hydrogen) atoms. The molecule has 0 saturated carbocycles. The Kier molecular flexibility index (Phi) is 5.80. The number of aliphatic hydroxyl groups excluding tert-OH is 1. The van der Waals surface area contributed by atoms with Gasteiger partial charge in [0.05, 0.1) is 4.90 Å². The first-order valence-electron chi connectivity index (χ1n) is 7.60. The van der Waals surface area contributed by atoms with Crippen molar-refractivity contribution in [3.05, 3.63) is 59.7 Å². The molecule has 5 heteroatoms. The molecule has 0 heterocycles. The molecule has 4 nitrogen and oxygen atoms in total. The summed E-state index contributed by atoms with van der Waals surface area (Å²) in [4.78, 5) is 0.237. The molecule has 0 bridgehead atoms.